The fourth-order valence-corrected chi connectivity index (χ4v) is 5.82. The Balaban J connectivity index is 1.25. The summed E-state index contributed by atoms with van der Waals surface area (Å²) in [6.07, 6.45) is 3.80. The number of nitrogens with zero attached hydrogens (tertiary/aromatic N) is 3. The Morgan fingerprint density at radius 3 is 3.03 bits per heavy atom. The molecule has 1 unspecified atom stereocenters. The highest BCUT2D eigenvalue weighted by molar-refractivity contribution is 7.99. The number of benzene rings is 1. The van der Waals surface area contributed by atoms with Gasteiger partial charge in [-0.05, 0) is 60.6 Å². The predicted molar refractivity (Wildman–Crippen MR) is 117 cm³/mol. The number of likely N-dealkylation sites (N-methyl/N-ethyl adjacent to an activating group) is 1. The zero-order valence-electron chi connectivity index (χ0n) is 16.8. The molecular formula is C22H21N3O3S2. The third-order valence-corrected chi connectivity index (χ3v) is 7.80. The molecule has 8 heteroatoms. The fourth-order valence-electron chi connectivity index (χ4n) is 4.03. The average molecular weight is 440 g/mol. The lowest BCUT2D eigenvalue weighted by atomic mass is 9.90. The molecule has 2 aromatic heterocycles. The number of fused-ring (bicyclic) bond motifs is 2. The summed E-state index contributed by atoms with van der Waals surface area (Å²) in [5.41, 5.74) is 3.77. The van der Waals surface area contributed by atoms with E-state index in [1.54, 1.807) is 29.4 Å². The van der Waals surface area contributed by atoms with E-state index in [4.69, 9.17) is 4.42 Å². The van der Waals surface area contributed by atoms with Crippen LogP contribution in [0.25, 0.3) is 10.8 Å². The molecule has 5 rings (SSSR count). The van der Waals surface area contributed by atoms with Gasteiger partial charge in [0, 0.05) is 23.2 Å². The second-order valence-electron chi connectivity index (χ2n) is 7.97. The van der Waals surface area contributed by atoms with Crippen LogP contribution in [0.4, 0.5) is 5.69 Å². The van der Waals surface area contributed by atoms with E-state index in [9.17, 15) is 9.59 Å². The van der Waals surface area contributed by atoms with Crippen LogP contribution in [0, 0.1) is 5.92 Å². The van der Waals surface area contributed by atoms with Crippen molar-refractivity contribution in [1.29, 1.82) is 0 Å². The number of thioether (sulfide) groups is 1. The molecule has 1 aliphatic carbocycles. The minimum absolute atomic E-state index is 0.0230. The van der Waals surface area contributed by atoms with Gasteiger partial charge in [0.25, 0.3) is 11.1 Å². The van der Waals surface area contributed by atoms with Gasteiger partial charge in [-0.25, -0.2) is 0 Å². The summed E-state index contributed by atoms with van der Waals surface area (Å²) >= 11 is 2.98. The van der Waals surface area contributed by atoms with Gasteiger partial charge in [-0.15, -0.1) is 21.5 Å². The average Bonchev–Trinajstić information content (AvgIpc) is 3.43. The van der Waals surface area contributed by atoms with Crippen molar-refractivity contribution >= 4 is 40.5 Å². The predicted octanol–water partition coefficient (Wildman–Crippen LogP) is 4.42. The van der Waals surface area contributed by atoms with Crippen molar-refractivity contribution in [3.05, 3.63) is 45.8 Å². The minimum Gasteiger partial charge on any atom is -0.410 e. The summed E-state index contributed by atoms with van der Waals surface area (Å²) in [5.74, 6) is 1.48. The molecule has 0 saturated heterocycles. The molecule has 3 heterocycles. The number of hydrogen-bond donors (Lipinski definition) is 0. The summed E-state index contributed by atoms with van der Waals surface area (Å²) in [6.45, 7) is 2.29. The maximum Gasteiger partial charge on any atom is 0.277 e. The monoisotopic (exact) mass is 439 g/mol. The van der Waals surface area contributed by atoms with Crippen molar-refractivity contribution in [2.75, 3.05) is 17.7 Å². The first-order chi connectivity index (χ1) is 14.5. The molecule has 6 nitrogen and oxygen atoms in total. The third kappa shape index (κ3) is 3.58. The first-order valence-corrected chi connectivity index (χ1v) is 11.8. The standard InChI is InChI=1S/C22H21N3O3S2/c1-12-3-6-18-15(7-12)9-19(30-18)21-23-24-22(28-21)29-11-17(26)13-4-5-16-14(8-13)10-20(27)25(16)2/h4-5,8-9,12H,3,6-7,10-11H2,1-2H3. The van der Waals surface area contributed by atoms with Crippen LogP contribution in [-0.2, 0) is 24.1 Å². The number of hydrogen-bond acceptors (Lipinski definition) is 7. The molecule has 0 bridgehead atoms. The number of ketones is 1. The topological polar surface area (TPSA) is 76.3 Å². The largest absolute Gasteiger partial charge is 0.410 e. The Morgan fingerprint density at radius 2 is 2.17 bits per heavy atom. The zero-order valence-corrected chi connectivity index (χ0v) is 18.4. The van der Waals surface area contributed by atoms with Crippen LogP contribution in [0.3, 0.4) is 0 Å². The molecule has 30 heavy (non-hydrogen) atoms. The van der Waals surface area contributed by atoms with Crippen LogP contribution in [0.15, 0.2) is 33.9 Å². The van der Waals surface area contributed by atoms with Crippen LogP contribution < -0.4 is 4.90 Å². The molecule has 0 N–H and O–H groups in total. The summed E-state index contributed by atoms with van der Waals surface area (Å²) in [7, 11) is 1.75. The molecule has 0 fully saturated rings. The second-order valence-corrected chi connectivity index (χ2v) is 10.0. The summed E-state index contributed by atoms with van der Waals surface area (Å²) < 4.78 is 5.81. The van der Waals surface area contributed by atoms with Gasteiger partial charge >= 0.3 is 0 Å². The van der Waals surface area contributed by atoms with Gasteiger partial charge in [-0.2, -0.15) is 0 Å². The highest BCUT2D eigenvalue weighted by atomic mass is 32.2. The van der Waals surface area contributed by atoms with E-state index in [0.29, 0.717) is 23.1 Å². The van der Waals surface area contributed by atoms with Gasteiger partial charge in [0.05, 0.1) is 17.1 Å². The highest BCUT2D eigenvalue weighted by Crippen LogP contribution is 2.37. The van der Waals surface area contributed by atoms with Crippen LogP contribution >= 0.6 is 23.1 Å². The maximum atomic E-state index is 12.6. The van der Waals surface area contributed by atoms with Crippen LogP contribution in [0.5, 0.6) is 0 Å². The number of amides is 1. The number of carbonyl (C=O) groups is 2. The molecule has 2 aliphatic rings. The quantitative estimate of drug-likeness (QED) is 0.433. The zero-order chi connectivity index (χ0) is 20.8. The first kappa shape index (κ1) is 19.5. The maximum absolute atomic E-state index is 12.6. The van der Waals surface area contributed by atoms with E-state index >= 15 is 0 Å². The first-order valence-electron chi connectivity index (χ1n) is 9.99. The fraction of sp³-hybridized carbons (Fsp3) is 0.364. The van der Waals surface area contributed by atoms with Crippen molar-refractivity contribution in [1.82, 2.24) is 10.2 Å². The van der Waals surface area contributed by atoms with Gasteiger partial charge in [-0.1, -0.05) is 18.7 Å². The lowest BCUT2D eigenvalue weighted by Crippen LogP contribution is -2.20. The van der Waals surface area contributed by atoms with E-state index in [1.807, 2.05) is 12.1 Å². The van der Waals surface area contributed by atoms with Gasteiger partial charge in [0.2, 0.25) is 5.91 Å². The summed E-state index contributed by atoms with van der Waals surface area (Å²) in [5, 5.41) is 8.69. The number of rotatable bonds is 5. The summed E-state index contributed by atoms with van der Waals surface area (Å²) in [4.78, 5) is 28.5. The van der Waals surface area contributed by atoms with E-state index in [-0.39, 0.29) is 17.4 Å². The molecule has 1 atom stereocenters. The molecule has 0 radical (unpaired) electrons. The van der Waals surface area contributed by atoms with Crippen LogP contribution in [-0.4, -0.2) is 34.7 Å². The molecule has 1 aromatic carbocycles. The number of thiophene rings is 1. The smallest absolute Gasteiger partial charge is 0.277 e. The van der Waals surface area contributed by atoms with Gasteiger partial charge in [0.15, 0.2) is 5.78 Å². The number of carbonyl (C=O) groups excluding carboxylic acids is 2. The number of anilines is 1. The molecule has 3 aromatic rings. The van der Waals surface area contributed by atoms with Gasteiger partial charge in [-0.3, -0.25) is 9.59 Å². The van der Waals surface area contributed by atoms with Crippen molar-refractivity contribution in [2.45, 2.75) is 37.8 Å². The van der Waals surface area contributed by atoms with E-state index in [1.165, 1.54) is 28.6 Å². The van der Waals surface area contributed by atoms with Crippen LogP contribution in [0.2, 0.25) is 0 Å². The molecule has 0 spiro atoms. The Hall–Kier alpha value is -2.45. The van der Waals surface area contributed by atoms with Gasteiger partial charge in [0.1, 0.15) is 0 Å². The molecule has 154 valence electrons. The normalized spacial score (nSPS) is 17.9. The van der Waals surface area contributed by atoms with Crippen LogP contribution in [0.1, 0.15) is 39.7 Å². The van der Waals surface area contributed by atoms with E-state index < -0.39 is 0 Å². The van der Waals surface area contributed by atoms with Crippen molar-refractivity contribution in [3.63, 3.8) is 0 Å². The van der Waals surface area contributed by atoms with Crippen molar-refractivity contribution in [3.8, 4) is 10.8 Å². The third-order valence-electron chi connectivity index (χ3n) is 5.75. The van der Waals surface area contributed by atoms with Gasteiger partial charge < -0.3 is 9.32 Å². The molecule has 1 amide bonds. The SMILES string of the molecule is CC1CCc2sc(-c3nnc(SCC(=O)c4ccc5c(c4)CC(=O)N5C)o3)cc2C1. The van der Waals surface area contributed by atoms with Crippen molar-refractivity contribution < 1.29 is 14.0 Å². The molecule has 0 saturated carbocycles. The Bertz CT molecular complexity index is 1150. The molecule has 1 aliphatic heterocycles. The second kappa shape index (κ2) is 7.67. The number of aromatic nitrogens is 2. The summed E-state index contributed by atoms with van der Waals surface area (Å²) in [6, 6.07) is 7.59. The van der Waals surface area contributed by atoms with E-state index in [0.717, 1.165) is 34.9 Å². The molecular weight excluding hydrogens is 418 g/mol. The van der Waals surface area contributed by atoms with Crippen molar-refractivity contribution in [2.24, 2.45) is 5.92 Å². The number of Topliss-reactive ketones (excluding diaryl/α,β-unsaturated/α-hetero) is 1. The lowest BCUT2D eigenvalue weighted by molar-refractivity contribution is -0.117. The van der Waals surface area contributed by atoms with E-state index in [2.05, 4.69) is 23.2 Å². The lowest BCUT2D eigenvalue weighted by Gasteiger charge is -2.16. The number of aryl methyl sites for hydroxylation is 1. The minimum atomic E-state index is -0.0230. The Kier molecular flexibility index (Phi) is 4.99. The Morgan fingerprint density at radius 1 is 1.30 bits per heavy atom. The Labute approximate surface area is 182 Å². The highest BCUT2D eigenvalue weighted by Gasteiger charge is 2.25.